The summed E-state index contributed by atoms with van der Waals surface area (Å²) in [5.41, 5.74) is 10.4. The Hall–Kier alpha value is -0.860. The molecule has 1 atom stereocenters. The molecule has 1 saturated heterocycles. The van der Waals surface area contributed by atoms with Crippen LogP contribution in [-0.4, -0.2) is 30.6 Å². The monoisotopic (exact) mass is 274 g/mol. The molecule has 20 heavy (non-hydrogen) atoms. The Morgan fingerprint density at radius 3 is 2.40 bits per heavy atom. The molecule has 0 aliphatic carbocycles. The highest BCUT2D eigenvalue weighted by Gasteiger charge is 2.28. The van der Waals surface area contributed by atoms with Gasteiger partial charge in [0.1, 0.15) is 0 Å². The first-order valence-electron chi connectivity index (χ1n) is 8.04. The van der Waals surface area contributed by atoms with Crippen LogP contribution >= 0.6 is 0 Å². The topological polar surface area (TPSA) is 29.3 Å². The SMILES string of the molecule is Cc1ccc(C)c(C(CN)C2CCN(C(C)C)CC2)c1. The highest BCUT2D eigenvalue weighted by molar-refractivity contribution is 5.34. The molecule has 0 spiro atoms. The van der Waals surface area contributed by atoms with Crippen molar-refractivity contribution in [1.29, 1.82) is 0 Å². The second-order valence-corrected chi connectivity index (χ2v) is 6.67. The summed E-state index contributed by atoms with van der Waals surface area (Å²) in [5.74, 6) is 1.28. The zero-order valence-electron chi connectivity index (χ0n) is 13.5. The lowest BCUT2D eigenvalue weighted by atomic mass is 9.78. The summed E-state index contributed by atoms with van der Waals surface area (Å²) in [6.07, 6.45) is 2.57. The summed E-state index contributed by atoms with van der Waals surface area (Å²) in [4.78, 5) is 2.59. The van der Waals surface area contributed by atoms with E-state index in [9.17, 15) is 0 Å². The fourth-order valence-electron chi connectivity index (χ4n) is 3.57. The van der Waals surface area contributed by atoms with Crippen molar-refractivity contribution in [3.63, 3.8) is 0 Å². The quantitative estimate of drug-likeness (QED) is 0.911. The van der Waals surface area contributed by atoms with Gasteiger partial charge in [0.2, 0.25) is 0 Å². The third kappa shape index (κ3) is 3.42. The molecule has 0 bridgehead atoms. The van der Waals surface area contributed by atoms with E-state index in [1.54, 1.807) is 0 Å². The smallest absolute Gasteiger partial charge is 0.00385 e. The minimum atomic E-state index is 0.532. The summed E-state index contributed by atoms with van der Waals surface area (Å²) in [6, 6.07) is 7.47. The van der Waals surface area contributed by atoms with E-state index in [1.165, 1.54) is 42.6 Å². The second kappa shape index (κ2) is 6.73. The van der Waals surface area contributed by atoms with Gasteiger partial charge in [0.25, 0.3) is 0 Å². The van der Waals surface area contributed by atoms with E-state index < -0.39 is 0 Å². The molecule has 1 aromatic carbocycles. The molecule has 2 N–H and O–H groups in total. The first kappa shape index (κ1) is 15.5. The summed E-state index contributed by atoms with van der Waals surface area (Å²) >= 11 is 0. The van der Waals surface area contributed by atoms with Gasteiger partial charge in [-0.15, -0.1) is 0 Å². The lowest BCUT2D eigenvalue weighted by molar-refractivity contribution is 0.138. The molecule has 1 heterocycles. The molecule has 2 heteroatoms. The number of piperidine rings is 1. The molecule has 0 amide bonds. The van der Waals surface area contributed by atoms with Gasteiger partial charge in [0.15, 0.2) is 0 Å². The Balaban J connectivity index is 2.11. The molecule has 1 aliphatic rings. The maximum atomic E-state index is 6.14. The molecule has 1 aliphatic heterocycles. The van der Waals surface area contributed by atoms with Crippen LogP contribution in [0.5, 0.6) is 0 Å². The number of hydrogen-bond donors (Lipinski definition) is 1. The van der Waals surface area contributed by atoms with Crippen LogP contribution in [0.2, 0.25) is 0 Å². The highest BCUT2D eigenvalue weighted by atomic mass is 15.1. The van der Waals surface area contributed by atoms with E-state index in [4.69, 9.17) is 5.73 Å². The lowest BCUT2D eigenvalue weighted by Gasteiger charge is -2.38. The maximum Gasteiger partial charge on any atom is 0.00385 e. The molecule has 2 rings (SSSR count). The molecule has 1 fully saturated rings. The standard InChI is InChI=1S/C18H30N2/c1-13(2)20-9-7-16(8-10-20)18(12-19)17-11-14(3)5-6-15(17)4/h5-6,11,13,16,18H,7-10,12,19H2,1-4H3. The fourth-order valence-corrected chi connectivity index (χ4v) is 3.57. The van der Waals surface area contributed by atoms with Gasteiger partial charge in [-0.05, 0) is 83.1 Å². The third-order valence-electron chi connectivity index (χ3n) is 4.96. The van der Waals surface area contributed by atoms with Crippen molar-refractivity contribution in [3.8, 4) is 0 Å². The summed E-state index contributed by atoms with van der Waals surface area (Å²) in [7, 11) is 0. The van der Waals surface area contributed by atoms with Gasteiger partial charge < -0.3 is 10.6 Å². The molecule has 0 radical (unpaired) electrons. The van der Waals surface area contributed by atoms with Crippen LogP contribution in [0.1, 0.15) is 49.3 Å². The maximum absolute atomic E-state index is 6.14. The van der Waals surface area contributed by atoms with Gasteiger partial charge in [-0.2, -0.15) is 0 Å². The Labute approximate surface area is 124 Å². The number of nitrogens with two attached hydrogens (primary N) is 1. The first-order chi connectivity index (χ1) is 9.52. The van der Waals surface area contributed by atoms with Crippen LogP contribution < -0.4 is 5.73 Å². The summed E-state index contributed by atoms with van der Waals surface area (Å²) < 4.78 is 0. The molecule has 0 aromatic heterocycles. The molecule has 1 unspecified atom stereocenters. The fraction of sp³-hybridized carbons (Fsp3) is 0.667. The van der Waals surface area contributed by atoms with Crippen LogP contribution in [0, 0.1) is 19.8 Å². The predicted octanol–water partition coefficient (Wildman–Crippen LogP) is 3.47. The molecular formula is C18H30N2. The number of likely N-dealkylation sites (tertiary alicyclic amines) is 1. The molecule has 1 aromatic rings. The van der Waals surface area contributed by atoms with Crippen molar-refractivity contribution in [2.24, 2.45) is 11.7 Å². The molecule has 2 nitrogen and oxygen atoms in total. The second-order valence-electron chi connectivity index (χ2n) is 6.67. The zero-order valence-corrected chi connectivity index (χ0v) is 13.5. The van der Waals surface area contributed by atoms with Gasteiger partial charge in [0, 0.05) is 6.04 Å². The van der Waals surface area contributed by atoms with Crippen LogP contribution in [0.15, 0.2) is 18.2 Å². The van der Waals surface area contributed by atoms with Crippen molar-refractivity contribution in [1.82, 2.24) is 4.90 Å². The number of nitrogens with zero attached hydrogens (tertiary/aromatic N) is 1. The van der Waals surface area contributed by atoms with Crippen LogP contribution in [0.4, 0.5) is 0 Å². The van der Waals surface area contributed by atoms with Crippen molar-refractivity contribution < 1.29 is 0 Å². The summed E-state index contributed by atoms with van der Waals surface area (Å²) in [5, 5.41) is 0. The third-order valence-corrected chi connectivity index (χ3v) is 4.96. The number of benzene rings is 1. The zero-order chi connectivity index (χ0) is 14.7. The minimum absolute atomic E-state index is 0.532. The molecule has 112 valence electrons. The number of rotatable bonds is 4. The summed E-state index contributed by atoms with van der Waals surface area (Å²) in [6.45, 7) is 12.2. The van der Waals surface area contributed by atoms with Gasteiger partial charge >= 0.3 is 0 Å². The minimum Gasteiger partial charge on any atom is -0.330 e. The van der Waals surface area contributed by atoms with Gasteiger partial charge in [-0.1, -0.05) is 23.8 Å². The van der Waals surface area contributed by atoms with E-state index in [0.29, 0.717) is 12.0 Å². The van der Waals surface area contributed by atoms with Gasteiger partial charge in [-0.3, -0.25) is 0 Å². The normalized spacial score (nSPS) is 19.5. The van der Waals surface area contributed by atoms with E-state index in [1.807, 2.05) is 0 Å². The van der Waals surface area contributed by atoms with Crippen molar-refractivity contribution >= 4 is 0 Å². The average Bonchev–Trinajstić information content (AvgIpc) is 2.44. The van der Waals surface area contributed by atoms with Crippen LogP contribution in [-0.2, 0) is 0 Å². The van der Waals surface area contributed by atoms with Crippen LogP contribution in [0.25, 0.3) is 0 Å². The highest BCUT2D eigenvalue weighted by Crippen LogP contribution is 2.34. The Morgan fingerprint density at radius 1 is 1.20 bits per heavy atom. The van der Waals surface area contributed by atoms with E-state index in [-0.39, 0.29) is 0 Å². The molecule has 0 saturated carbocycles. The van der Waals surface area contributed by atoms with E-state index in [2.05, 4.69) is 50.8 Å². The predicted molar refractivity (Wildman–Crippen MR) is 87.1 cm³/mol. The lowest BCUT2D eigenvalue weighted by Crippen LogP contribution is -2.40. The van der Waals surface area contributed by atoms with Crippen molar-refractivity contribution in [2.45, 2.75) is 52.5 Å². The van der Waals surface area contributed by atoms with Crippen molar-refractivity contribution in [2.75, 3.05) is 19.6 Å². The first-order valence-corrected chi connectivity index (χ1v) is 8.04. The molecular weight excluding hydrogens is 244 g/mol. The Bertz CT molecular complexity index is 431. The van der Waals surface area contributed by atoms with Crippen molar-refractivity contribution in [3.05, 3.63) is 34.9 Å². The van der Waals surface area contributed by atoms with Gasteiger partial charge in [0.05, 0.1) is 0 Å². The van der Waals surface area contributed by atoms with Crippen LogP contribution in [0.3, 0.4) is 0 Å². The number of hydrogen-bond acceptors (Lipinski definition) is 2. The largest absolute Gasteiger partial charge is 0.330 e. The number of aryl methyl sites for hydroxylation is 2. The van der Waals surface area contributed by atoms with Gasteiger partial charge in [-0.25, -0.2) is 0 Å². The van der Waals surface area contributed by atoms with E-state index >= 15 is 0 Å². The van der Waals surface area contributed by atoms with E-state index in [0.717, 1.165) is 12.5 Å². The Morgan fingerprint density at radius 2 is 1.85 bits per heavy atom. The average molecular weight is 274 g/mol. The Kier molecular flexibility index (Phi) is 5.22.